The highest BCUT2D eigenvalue weighted by molar-refractivity contribution is 5.65. The molecule has 0 unspecified atom stereocenters. The van der Waals surface area contributed by atoms with Gasteiger partial charge in [0.15, 0.2) is 0 Å². The fraction of sp³-hybridized carbons (Fsp3) is 0.571. The summed E-state index contributed by atoms with van der Waals surface area (Å²) in [6.07, 6.45) is 3.00. The lowest BCUT2D eigenvalue weighted by molar-refractivity contribution is 0.312. The number of aryl methyl sites for hydroxylation is 1. The zero-order valence-corrected chi connectivity index (χ0v) is 17.9. The summed E-state index contributed by atoms with van der Waals surface area (Å²) in [5.74, 6) is 1.74. The molecule has 2 aromatic heterocycles. The Labute approximate surface area is 168 Å². The lowest BCUT2D eigenvalue weighted by Gasteiger charge is -2.33. The second kappa shape index (κ2) is 9.30. The molecule has 0 saturated carbocycles. The van der Waals surface area contributed by atoms with Crippen LogP contribution in [0.1, 0.15) is 17.7 Å². The van der Waals surface area contributed by atoms with Crippen LogP contribution < -0.4 is 10.2 Å². The van der Waals surface area contributed by atoms with Crippen LogP contribution in [0.4, 0.5) is 11.8 Å². The average Bonchev–Trinajstić information content (AvgIpc) is 2.68. The summed E-state index contributed by atoms with van der Waals surface area (Å²) >= 11 is 0. The van der Waals surface area contributed by atoms with Crippen molar-refractivity contribution in [2.24, 2.45) is 0 Å². The van der Waals surface area contributed by atoms with Gasteiger partial charge in [-0.3, -0.25) is 0 Å². The Bertz CT molecular complexity index is 765. The number of rotatable bonds is 7. The molecule has 7 heteroatoms. The number of anilines is 2. The molecule has 3 rings (SSSR count). The molecule has 3 heterocycles. The Morgan fingerprint density at radius 2 is 1.82 bits per heavy atom. The first-order chi connectivity index (χ1) is 13.4. The molecule has 0 atom stereocenters. The third-order valence-corrected chi connectivity index (χ3v) is 5.30. The molecule has 1 aliphatic heterocycles. The Morgan fingerprint density at radius 1 is 1.07 bits per heavy atom. The Hall–Kier alpha value is -2.25. The van der Waals surface area contributed by atoms with Crippen molar-refractivity contribution < 1.29 is 0 Å². The first kappa shape index (κ1) is 20.5. The van der Waals surface area contributed by atoms with E-state index in [-0.39, 0.29) is 0 Å². The monoisotopic (exact) mass is 383 g/mol. The van der Waals surface area contributed by atoms with E-state index < -0.39 is 0 Å². The quantitative estimate of drug-likeness (QED) is 0.736. The SMILES string of the molecule is Cc1nc(NCCCN(C)C)nc(-c2ccc(N3CCN(C)CC3)nc2)c1C. The molecule has 1 saturated heterocycles. The lowest BCUT2D eigenvalue weighted by atomic mass is 10.1. The van der Waals surface area contributed by atoms with Crippen LogP contribution in [0.15, 0.2) is 18.3 Å². The summed E-state index contributed by atoms with van der Waals surface area (Å²) in [6, 6.07) is 4.24. The van der Waals surface area contributed by atoms with E-state index in [2.05, 4.69) is 65.2 Å². The Kier molecular flexibility index (Phi) is 6.80. The molecule has 1 N–H and O–H groups in total. The van der Waals surface area contributed by atoms with Crippen LogP contribution in [0.3, 0.4) is 0 Å². The van der Waals surface area contributed by atoms with E-state index >= 15 is 0 Å². The number of likely N-dealkylation sites (N-methyl/N-ethyl adjacent to an activating group) is 1. The second-order valence-electron chi connectivity index (χ2n) is 7.89. The fourth-order valence-electron chi connectivity index (χ4n) is 3.33. The highest BCUT2D eigenvalue weighted by atomic mass is 15.3. The summed E-state index contributed by atoms with van der Waals surface area (Å²) in [6.45, 7) is 10.2. The lowest BCUT2D eigenvalue weighted by Crippen LogP contribution is -2.44. The maximum atomic E-state index is 4.78. The van der Waals surface area contributed by atoms with Gasteiger partial charge in [-0.05, 0) is 65.7 Å². The van der Waals surface area contributed by atoms with Gasteiger partial charge in [-0.2, -0.15) is 0 Å². The number of pyridine rings is 1. The topological polar surface area (TPSA) is 60.4 Å². The van der Waals surface area contributed by atoms with Crippen molar-refractivity contribution in [3.8, 4) is 11.3 Å². The van der Waals surface area contributed by atoms with Gasteiger partial charge in [-0.1, -0.05) is 0 Å². The summed E-state index contributed by atoms with van der Waals surface area (Å²) in [5.41, 5.74) is 4.11. The summed E-state index contributed by atoms with van der Waals surface area (Å²) < 4.78 is 0. The van der Waals surface area contributed by atoms with Crippen molar-refractivity contribution in [2.75, 3.05) is 70.6 Å². The second-order valence-corrected chi connectivity index (χ2v) is 7.89. The maximum absolute atomic E-state index is 4.78. The summed E-state index contributed by atoms with van der Waals surface area (Å²) in [5, 5.41) is 3.36. The third-order valence-electron chi connectivity index (χ3n) is 5.30. The highest BCUT2D eigenvalue weighted by Gasteiger charge is 2.16. The third kappa shape index (κ3) is 5.17. The van der Waals surface area contributed by atoms with Gasteiger partial charge in [-0.25, -0.2) is 15.0 Å². The molecule has 0 bridgehead atoms. The Balaban J connectivity index is 1.73. The first-order valence-electron chi connectivity index (χ1n) is 10.1. The molecular formula is C21H33N7. The van der Waals surface area contributed by atoms with Crippen LogP contribution in [0.25, 0.3) is 11.3 Å². The summed E-state index contributed by atoms with van der Waals surface area (Å²) in [4.78, 5) is 21.0. The minimum atomic E-state index is 0.694. The van der Waals surface area contributed by atoms with Crippen LogP contribution in [0.5, 0.6) is 0 Å². The normalized spacial score (nSPS) is 15.3. The molecular weight excluding hydrogens is 350 g/mol. The molecule has 1 fully saturated rings. The van der Waals surface area contributed by atoms with Crippen LogP contribution in [0.2, 0.25) is 0 Å². The van der Waals surface area contributed by atoms with E-state index in [1.807, 2.05) is 13.1 Å². The van der Waals surface area contributed by atoms with Crippen molar-refractivity contribution in [3.05, 3.63) is 29.6 Å². The van der Waals surface area contributed by atoms with Gasteiger partial charge in [0.1, 0.15) is 5.82 Å². The minimum Gasteiger partial charge on any atom is -0.354 e. The molecule has 0 spiro atoms. The van der Waals surface area contributed by atoms with Crippen LogP contribution in [0, 0.1) is 13.8 Å². The van der Waals surface area contributed by atoms with Gasteiger partial charge in [-0.15, -0.1) is 0 Å². The predicted molar refractivity (Wildman–Crippen MR) is 116 cm³/mol. The van der Waals surface area contributed by atoms with Gasteiger partial charge in [0.2, 0.25) is 5.95 Å². The van der Waals surface area contributed by atoms with Gasteiger partial charge < -0.3 is 20.0 Å². The van der Waals surface area contributed by atoms with Crippen molar-refractivity contribution >= 4 is 11.8 Å². The number of hydrogen-bond donors (Lipinski definition) is 1. The van der Waals surface area contributed by atoms with Crippen molar-refractivity contribution in [1.82, 2.24) is 24.8 Å². The smallest absolute Gasteiger partial charge is 0.223 e. The molecule has 0 aromatic carbocycles. The minimum absolute atomic E-state index is 0.694. The molecule has 7 nitrogen and oxygen atoms in total. The van der Waals surface area contributed by atoms with E-state index in [9.17, 15) is 0 Å². The number of hydrogen-bond acceptors (Lipinski definition) is 7. The van der Waals surface area contributed by atoms with E-state index in [0.717, 1.165) is 74.0 Å². The number of piperazine rings is 1. The fourth-order valence-corrected chi connectivity index (χ4v) is 3.33. The average molecular weight is 384 g/mol. The number of nitrogens with zero attached hydrogens (tertiary/aromatic N) is 6. The van der Waals surface area contributed by atoms with Crippen LogP contribution in [-0.2, 0) is 0 Å². The van der Waals surface area contributed by atoms with Crippen molar-refractivity contribution in [1.29, 1.82) is 0 Å². The zero-order chi connectivity index (χ0) is 20.1. The highest BCUT2D eigenvalue weighted by Crippen LogP contribution is 2.25. The summed E-state index contributed by atoms with van der Waals surface area (Å²) in [7, 11) is 6.34. The van der Waals surface area contributed by atoms with E-state index in [0.29, 0.717) is 5.95 Å². The van der Waals surface area contributed by atoms with E-state index in [4.69, 9.17) is 9.97 Å². The number of aromatic nitrogens is 3. The molecule has 1 aliphatic rings. The van der Waals surface area contributed by atoms with Crippen molar-refractivity contribution in [3.63, 3.8) is 0 Å². The zero-order valence-electron chi connectivity index (χ0n) is 17.9. The Morgan fingerprint density at radius 3 is 2.46 bits per heavy atom. The molecule has 28 heavy (non-hydrogen) atoms. The standard InChI is InChI=1S/C21H33N7/c1-16-17(2)24-21(22-9-6-10-26(3)4)25-20(16)18-7-8-19(23-15-18)28-13-11-27(5)12-14-28/h7-8,15H,6,9-14H2,1-5H3,(H,22,24,25). The predicted octanol–water partition coefficient (Wildman–Crippen LogP) is 2.27. The van der Waals surface area contributed by atoms with Gasteiger partial charge in [0, 0.05) is 50.2 Å². The molecule has 2 aromatic rings. The molecule has 0 radical (unpaired) electrons. The first-order valence-corrected chi connectivity index (χ1v) is 10.1. The van der Waals surface area contributed by atoms with E-state index in [1.54, 1.807) is 0 Å². The number of nitrogens with one attached hydrogen (secondary N) is 1. The molecule has 0 amide bonds. The van der Waals surface area contributed by atoms with Crippen molar-refractivity contribution in [2.45, 2.75) is 20.3 Å². The van der Waals surface area contributed by atoms with Crippen LogP contribution in [-0.4, -0.2) is 85.2 Å². The van der Waals surface area contributed by atoms with Gasteiger partial charge in [0.05, 0.1) is 5.69 Å². The molecule has 0 aliphatic carbocycles. The molecule has 152 valence electrons. The van der Waals surface area contributed by atoms with E-state index in [1.165, 1.54) is 0 Å². The van der Waals surface area contributed by atoms with Gasteiger partial charge >= 0.3 is 0 Å². The maximum Gasteiger partial charge on any atom is 0.223 e. The van der Waals surface area contributed by atoms with Gasteiger partial charge in [0.25, 0.3) is 0 Å². The largest absolute Gasteiger partial charge is 0.354 e. The van der Waals surface area contributed by atoms with Crippen LogP contribution >= 0.6 is 0 Å².